The van der Waals surface area contributed by atoms with E-state index in [4.69, 9.17) is 9.84 Å². The van der Waals surface area contributed by atoms with Gasteiger partial charge in [-0.1, -0.05) is 0 Å². The lowest BCUT2D eigenvalue weighted by molar-refractivity contribution is 0.114. The highest BCUT2D eigenvalue weighted by atomic mass is 16.5. The molecule has 0 heterocycles. The van der Waals surface area contributed by atoms with Crippen molar-refractivity contribution in [2.45, 2.75) is 13.0 Å². The van der Waals surface area contributed by atoms with Crippen LogP contribution in [0.5, 0.6) is 0 Å². The number of carboxylic acid groups (broad SMARTS) is 1. The summed E-state index contributed by atoms with van der Waals surface area (Å²) in [6, 6.07) is 0. The van der Waals surface area contributed by atoms with E-state index < -0.39 is 6.09 Å². The van der Waals surface area contributed by atoms with E-state index in [1.54, 1.807) is 6.92 Å². The summed E-state index contributed by atoms with van der Waals surface area (Å²) in [6.07, 6.45) is -1.07. The molecule has 1 unspecified atom stereocenters. The first kappa shape index (κ1) is 8.23. The lowest BCUT2D eigenvalue weighted by Crippen LogP contribution is -2.29. The van der Waals surface area contributed by atoms with Gasteiger partial charge >= 0.3 is 6.09 Å². The summed E-state index contributed by atoms with van der Waals surface area (Å²) >= 11 is 0. The van der Waals surface area contributed by atoms with Crippen LogP contribution in [0.3, 0.4) is 0 Å². The lowest BCUT2D eigenvalue weighted by atomic mass is 10.4. The molecular formula is C5H11NO3. The smallest absolute Gasteiger partial charge is 0.404 e. The molecule has 0 rings (SSSR count). The summed E-state index contributed by atoms with van der Waals surface area (Å²) in [7, 11) is 1.54. The van der Waals surface area contributed by atoms with Crippen molar-refractivity contribution in [2.75, 3.05) is 13.7 Å². The van der Waals surface area contributed by atoms with Gasteiger partial charge in [0.15, 0.2) is 0 Å². The van der Waals surface area contributed by atoms with E-state index >= 15 is 0 Å². The van der Waals surface area contributed by atoms with Gasteiger partial charge in [-0.3, -0.25) is 0 Å². The van der Waals surface area contributed by atoms with Crippen molar-refractivity contribution >= 4 is 6.09 Å². The molecule has 0 aromatic carbocycles. The molecule has 0 aromatic rings. The topological polar surface area (TPSA) is 58.6 Å². The Morgan fingerprint density at radius 3 is 2.78 bits per heavy atom. The van der Waals surface area contributed by atoms with Gasteiger partial charge in [0, 0.05) is 13.7 Å². The molecular weight excluding hydrogens is 122 g/mol. The molecule has 4 heteroatoms. The van der Waals surface area contributed by atoms with Crippen LogP contribution in [0.15, 0.2) is 0 Å². The van der Waals surface area contributed by atoms with Gasteiger partial charge in [0.05, 0.1) is 6.10 Å². The zero-order valence-corrected chi connectivity index (χ0v) is 5.55. The van der Waals surface area contributed by atoms with E-state index in [0.717, 1.165) is 0 Å². The van der Waals surface area contributed by atoms with Crippen LogP contribution in [-0.2, 0) is 4.74 Å². The van der Waals surface area contributed by atoms with E-state index in [0.29, 0.717) is 6.54 Å². The van der Waals surface area contributed by atoms with E-state index in [1.165, 1.54) is 7.11 Å². The lowest BCUT2D eigenvalue weighted by Gasteiger charge is -2.07. The quantitative estimate of drug-likeness (QED) is 0.581. The first-order valence-electron chi connectivity index (χ1n) is 2.66. The monoisotopic (exact) mass is 133 g/mol. The molecule has 0 radical (unpaired) electrons. The van der Waals surface area contributed by atoms with Crippen LogP contribution < -0.4 is 5.32 Å². The zero-order valence-electron chi connectivity index (χ0n) is 5.55. The highest BCUT2D eigenvalue weighted by Crippen LogP contribution is 1.82. The molecule has 9 heavy (non-hydrogen) atoms. The fourth-order valence-corrected chi connectivity index (χ4v) is 0.314. The Bertz CT molecular complexity index is 94.2. The molecule has 54 valence electrons. The number of ether oxygens (including phenoxy) is 1. The predicted octanol–water partition coefficient (Wildman–Crippen LogP) is 0.289. The largest absolute Gasteiger partial charge is 0.465 e. The van der Waals surface area contributed by atoms with Gasteiger partial charge in [-0.2, -0.15) is 0 Å². The van der Waals surface area contributed by atoms with Crippen molar-refractivity contribution in [3.05, 3.63) is 0 Å². The van der Waals surface area contributed by atoms with Crippen LogP contribution in [-0.4, -0.2) is 31.0 Å². The molecule has 0 aliphatic rings. The van der Waals surface area contributed by atoms with Crippen molar-refractivity contribution in [1.82, 2.24) is 5.32 Å². The Kier molecular flexibility index (Phi) is 3.79. The molecule has 0 aliphatic heterocycles. The van der Waals surface area contributed by atoms with Gasteiger partial charge in [0.2, 0.25) is 0 Å². The van der Waals surface area contributed by atoms with Crippen LogP contribution in [0.1, 0.15) is 6.92 Å². The normalized spacial score (nSPS) is 12.7. The van der Waals surface area contributed by atoms with Gasteiger partial charge in [0.1, 0.15) is 0 Å². The maximum absolute atomic E-state index is 9.85. The van der Waals surface area contributed by atoms with E-state index in [9.17, 15) is 4.79 Å². The molecule has 0 bridgehead atoms. The van der Waals surface area contributed by atoms with Crippen molar-refractivity contribution < 1.29 is 14.6 Å². The molecule has 0 saturated heterocycles. The summed E-state index contributed by atoms with van der Waals surface area (Å²) in [6.45, 7) is 2.13. The van der Waals surface area contributed by atoms with Gasteiger partial charge in [0.25, 0.3) is 0 Å². The summed E-state index contributed by atoms with van der Waals surface area (Å²) in [5.74, 6) is 0. The van der Waals surface area contributed by atoms with E-state index in [1.807, 2.05) is 0 Å². The second-order valence-electron chi connectivity index (χ2n) is 1.73. The summed E-state index contributed by atoms with van der Waals surface area (Å²) in [4.78, 5) is 9.85. The van der Waals surface area contributed by atoms with Crippen LogP contribution in [0, 0.1) is 0 Å². The summed E-state index contributed by atoms with van der Waals surface area (Å²) in [5, 5.41) is 10.3. The fraction of sp³-hybridized carbons (Fsp3) is 0.800. The first-order chi connectivity index (χ1) is 4.16. The van der Waals surface area contributed by atoms with Gasteiger partial charge in [-0.05, 0) is 6.92 Å². The number of methoxy groups -OCH3 is 1. The molecule has 0 fully saturated rings. The molecule has 1 atom stereocenters. The Morgan fingerprint density at radius 2 is 2.44 bits per heavy atom. The molecule has 0 aromatic heterocycles. The predicted molar refractivity (Wildman–Crippen MR) is 32.5 cm³/mol. The highest BCUT2D eigenvalue weighted by molar-refractivity contribution is 5.64. The third kappa shape index (κ3) is 5.10. The van der Waals surface area contributed by atoms with Crippen LogP contribution in [0.25, 0.3) is 0 Å². The maximum Gasteiger partial charge on any atom is 0.404 e. The van der Waals surface area contributed by atoms with Gasteiger partial charge < -0.3 is 15.2 Å². The third-order valence-electron chi connectivity index (χ3n) is 0.943. The third-order valence-corrected chi connectivity index (χ3v) is 0.943. The highest BCUT2D eigenvalue weighted by Gasteiger charge is 1.99. The molecule has 0 saturated carbocycles. The minimum absolute atomic E-state index is 0.0545. The molecule has 2 N–H and O–H groups in total. The Hall–Kier alpha value is -0.770. The second kappa shape index (κ2) is 4.14. The van der Waals surface area contributed by atoms with Gasteiger partial charge in [-0.15, -0.1) is 0 Å². The second-order valence-corrected chi connectivity index (χ2v) is 1.73. The Labute approximate surface area is 53.8 Å². The first-order valence-corrected chi connectivity index (χ1v) is 2.66. The summed E-state index contributed by atoms with van der Waals surface area (Å²) in [5.41, 5.74) is 0. The number of amides is 1. The number of nitrogens with one attached hydrogen (secondary N) is 1. The average molecular weight is 133 g/mol. The molecule has 1 amide bonds. The van der Waals surface area contributed by atoms with E-state index in [-0.39, 0.29) is 6.10 Å². The van der Waals surface area contributed by atoms with Crippen molar-refractivity contribution in [3.8, 4) is 0 Å². The molecule has 0 aliphatic carbocycles. The summed E-state index contributed by atoms with van der Waals surface area (Å²) < 4.78 is 4.77. The standard InChI is InChI=1S/C5H11NO3/c1-4(9-2)3-6-5(7)8/h4,6H,3H2,1-2H3,(H,7,8). The van der Waals surface area contributed by atoms with Crippen molar-refractivity contribution in [1.29, 1.82) is 0 Å². The van der Waals surface area contributed by atoms with Crippen LogP contribution in [0.2, 0.25) is 0 Å². The zero-order chi connectivity index (χ0) is 7.28. The van der Waals surface area contributed by atoms with Crippen molar-refractivity contribution in [2.24, 2.45) is 0 Å². The average Bonchev–Trinajstić information content (AvgIpc) is 1.83. The number of carbonyl (C=O) groups is 1. The van der Waals surface area contributed by atoms with Gasteiger partial charge in [-0.25, -0.2) is 4.79 Å². The van der Waals surface area contributed by atoms with Crippen LogP contribution >= 0.6 is 0 Å². The molecule has 0 spiro atoms. The van der Waals surface area contributed by atoms with Crippen molar-refractivity contribution in [3.63, 3.8) is 0 Å². The maximum atomic E-state index is 9.85. The minimum Gasteiger partial charge on any atom is -0.465 e. The number of rotatable bonds is 3. The SMILES string of the molecule is COC(C)CNC(=O)O. The molecule has 4 nitrogen and oxygen atoms in total. The Morgan fingerprint density at radius 1 is 1.89 bits per heavy atom. The minimum atomic E-state index is -1.01. The number of hydrogen-bond donors (Lipinski definition) is 2. The number of hydrogen-bond acceptors (Lipinski definition) is 2. The van der Waals surface area contributed by atoms with Crippen LogP contribution in [0.4, 0.5) is 4.79 Å². The van der Waals surface area contributed by atoms with E-state index in [2.05, 4.69) is 5.32 Å². The fourth-order valence-electron chi connectivity index (χ4n) is 0.314. The Balaban J connectivity index is 3.16.